The molecule has 2 N–H and O–H groups in total. The second-order valence-corrected chi connectivity index (χ2v) is 6.00. The van der Waals surface area contributed by atoms with Crippen molar-refractivity contribution >= 4 is 34.0 Å². The zero-order valence-corrected chi connectivity index (χ0v) is 13.1. The second-order valence-electron chi connectivity index (χ2n) is 5.16. The Labute approximate surface area is 134 Å². The highest BCUT2D eigenvalue weighted by Crippen LogP contribution is 2.33. The quantitative estimate of drug-likeness (QED) is 0.663. The first kappa shape index (κ1) is 14.4. The Morgan fingerprint density at radius 2 is 1.57 bits per heavy atom. The fraction of sp³-hybridized carbons (Fsp3) is 0.111. The Balaban J connectivity index is 2.20. The third-order valence-corrected chi connectivity index (χ3v) is 4.38. The van der Waals surface area contributed by atoms with Crippen LogP contribution in [0.4, 0.5) is 0 Å². The molecule has 3 aromatic rings. The standard InChI is InChI=1S/C18H15Cl2N/c1-11-6-7-12(19)10-16(11)18(21)15-8-9-17(20)14-5-3-2-4-13(14)15/h2-10,18H,21H2,1H3. The first-order valence-electron chi connectivity index (χ1n) is 6.76. The van der Waals surface area contributed by atoms with E-state index in [1.54, 1.807) is 0 Å². The van der Waals surface area contributed by atoms with Gasteiger partial charge in [0.2, 0.25) is 0 Å². The first-order valence-corrected chi connectivity index (χ1v) is 7.52. The lowest BCUT2D eigenvalue weighted by molar-refractivity contribution is 0.870. The van der Waals surface area contributed by atoms with E-state index in [0.717, 1.165) is 32.5 Å². The van der Waals surface area contributed by atoms with Crippen molar-refractivity contribution in [2.75, 3.05) is 0 Å². The molecule has 0 fully saturated rings. The number of hydrogen-bond donors (Lipinski definition) is 1. The van der Waals surface area contributed by atoms with Crippen LogP contribution in [0, 0.1) is 6.92 Å². The Morgan fingerprint density at radius 1 is 0.857 bits per heavy atom. The van der Waals surface area contributed by atoms with Gasteiger partial charge in [-0.25, -0.2) is 0 Å². The molecular weight excluding hydrogens is 301 g/mol. The van der Waals surface area contributed by atoms with E-state index >= 15 is 0 Å². The predicted molar refractivity (Wildman–Crippen MR) is 91.2 cm³/mol. The molecule has 1 unspecified atom stereocenters. The molecule has 0 saturated carbocycles. The summed E-state index contributed by atoms with van der Waals surface area (Å²) in [6.45, 7) is 2.05. The third-order valence-electron chi connectivity index (χ3n) is 3.82. The molecule has 3 heteroatoms. The molecule has 0 aliphatic rings. The van der Waals surface area contributed by atoms with Crippen molar-refractivity contribution in [3.63, 3.8) is 0 Å². The van der Waals surface area contributed by atoms with Crippen molar-refractivity contribution in [3.8, 4) is 0 Å². The number of nitrogens with two attached hydrogens (primary N) is 1. The highest BCUT2D eigenvalue weighted by Gasteiger charge is 2.15. The number of hydrogen-bond acceptors (Lipinski definition) is 1. The maximum Gasteiger partial charge on any atom is 0.0560 e. The molecule has 0 heterocycles. The predicted octanol–water partition coefficient (Wildman–Crippen LogP) is 5.50. The summed E-state index contributed by atoms with van der Waals surface area (Å²) in [6, 6.07) is 17.5. The van der Waals surface area contributed by atoms with E-state index in [-0.39, 0.29) is 6.04 Å². The lowest BCUT2D eigenvalue weighted by Gasteiger charge is -2.18. The van der Waals surface area contributed by atoms with Crippen LogP contribution in [-0.2, 0) is 0 Å². The Bertz CT molecular complexity index is 811. The topological polar surface area (TPSA) is 26.0 Å². The van der Waals surface area contributed by atoms with Crippen LogP contribution >= 0.6 is 23.2 Å². The van der Waals surface area contributed by atoms with Gasteiger partial charge in [0.15, 0.2) is 0 Å². The largest absolute Gasteiger partial charge is 0.320 e. The van der Waals surface area contributed by atoms with Crippen LogP contribution in [0.3, 0.4) is 0 Å². The highest BCUT2D eigenvalue weighted by atomic mass is 35.5. The molecule has 0 aliphatic heterocycles. The molecule has 3 aromatic carbocycles. The zero-order valence-electron chi connectivity index (χ0n) is 11.6. The fourth-order valence-electron chi connectivity index (χ4n) is 2.67. The summed E-state index contributed by atoms with van der Waals surface area (Å²) >= 11 is 12.4. The molecule has 0 spiro atoms. The minimum Gasteiger partial charge on any atom is -0.320 e. The Hall–Kier alpha value is -1.54. The van der Waals surface area contributed by atoms with Crippen molar-refractivity contribution in [2.24, 2.45) is 5.73 Å². The van der Waals surface area contributed by atoms with Gasteiger partial charge in [-0.3, -0.25) is 0 Å². The van der Waals surface area contributed by atoms with E-state index in [2.05, 4.69) is 6.07 Å². The van der Waals surface area contributed by atoms with Crippen molar-refractivity contribution in [1.29, 1.82) is 0 Å². The summed E-state index contributed by atoms with van der Waals surface area (Å²) in [5.74, 6) is 0. The zero-order chi connectivity index (χ0) is 15.0. The second kappa shape index (κ2) is 5.69. The average Bonchev–Trinajstić information content (AvgIpc) is 2.50. The van der Waals surface area contributed by atoms with Crippen LogP contribution < -0.4 is 5.73 Å². The van der Waals surface area contributed by atoms with E-state index in [0.29, 0.717) is 5.02 Å². The lowest BCUT2D eigenvalue weighted by Crippen LogP contribution is -2.13. The fourth-order valence-corrected chi connectivity index (χ4v) is 3.08. The number of aryl methyl sites for hydroxylation is 1. The van der Waals surface area contributed by atoms with Crippen LogP contribution in [0.1, 0.15) is 22.7 Å². The number of fused-ring (bicyclic) bond motifs is 1. The van der Waals surface area contributed by atoms with Gasteiger partial charge in [-0.15, -0.1) is 0 Å². The first-order chi connectivity index (χ1) is 10.1. The SMILES string of the molecule is Cc1ccc(Cl)cc1C(N)c1ccc(Cl)c2ccccc12. The van der Waals surface area contributed by atoms with Crippen LogP contribution in [0.2, 0.25) is 10.0 Å². The normalized spacial score (nSPS) is 12.6. The van der Waals surface area contributed by atoms with Gasteiger partial charge in [-0.1, -0.05) is 59.6 Å². The molecule has 106 valence electrons. The van der Waals surface area contributed by atoms with Gasteiger partial charge in [-0.2, -0.15) is 0 Å². The summed E-state index contributed by atoms with van der Waals surface area (Å²) in [4.78, 5) is 0. The van der Waals surface area contributed by atoms with E-state index in [9.17, 15) is 0 Å². The average molecular weight is 316 g/mol. The smallest absolute Gasteiger partial charge is 0.0560 e. The summed E-state index contributed by atoms with van der Waals surface area (Å²) in [7, 11) is 0. The molecule has 0 amide bonds. The van der Waals surface area contributed by atoms with E-state index < -0.39 is 0 Å². The third kappa shape index (κ3) is 2.65. The molecule has 1 nitrogen and oxygen atoms in total. The Morgan fingerprint density at radius 3 is 2.33 bits per heavy atom. The molecule has 0 aromatic heterocycles. The van der Waals surface area contributed by atoms with Crippen LogP contribution in [0.15, 0.2) is 54.6 Å². The van der Waals surface area contributed by atoms with Crippen molar-refractivity contribution in [2.45, 2.75) is 13.0 Å². The van der Waals surface area contributed by atoms with Crippen molar-refractivity contribution < 1.29 is 0 Å². The van der Waals surface area contributed by atoms with Gasteiger partial charge in [0.25, 0.3) is 0 Å². The highest BCUT2D eigenvalue weighted by molar-refractivity contribution is 6.35. The van der Waals surface area contributed by atoms with Gasteiger partial charge in [-0.05, 0) is 47.2 Å². The van der Waals surface area contributed by atoms with E-state index in [1.807, 2.05) is 55.5 Å². The number of rotatable bonds is 2. The maximum absolute atomic E-state index is 6.50. The summed E-state index contributed by atoms with van der Waals surface area (Å²) in [5.41, 5.74) is 9.72. The van der Waals surface area contributed by atoms with Crippen LogP contribution in [-0.4, -0.2) is 0 Å². The van der Waals surface area contributed by atoms with E-state index in [4.69, 9.17) is 28.9 Å². The van der Waals surface area contributed by atoms with Gasteiger partial charge in [0.1, 0.15) is 0 Å². The molecule has 3 rings (SSSR count). The van der Waals surface area contributed by atoms with Gasteiger partial charge in [0.05, 0.1) is 6.04 Å². The lowest BCUT2D eigenvalue weighted by atomic mass is 9.92. The molecule has 1 atom stereocenters. The van der Waals surface area contributed by atoms with E-state index in [1.165, 1.54) is 0 Å². The van der Waals surface area contributed by atoms with Crippen LogP contribution in [0.5, 0.6) is 0 Å². The molecule has 0 bridgehead atoms. The summed E-state index contributed by atoms with van der Waals surface area (Å²) < 4.78 is 0. The molecule has 0 aliphatic carbocycles. The van der Waals surface area contributed by atoms with Crippen LogP contribution in [0.25, 0.3) is 10.8 Å². The summed E-state index contributed by atoms with van der Waals surface area (Å²) in [5, 5.41) is 3.54. The molecule has 21 heavy (non-hydrogen) atoms. The molecular formula is C18H15Cl2N. The van der Waals surface area contributed by atoms with Crippen molar-refractivity contribution in [3.05, 3.63) is 81.3 Å². The van der Waals surface area contributed by atoms with Gasteiger partial charge >= 0.3 is 0 Å². The maximum atomic E-state index is 6.50. The van der Waals surface area contributed by atoms with Crippen molar-refractivity contribution in [1.82, 2.24) is 0 Å². The molecule has 0 radical (unpaired) electrons. The summed E-state index contributed by atoms with van der Waals surface area (Å²) in [6.07, 6.45) is 0. The minimum atomic E-state index is -0.231. The number of halogens is 2. The molecule has 0 saturated heterocycles. The minimum absolute atomic E-state index is 0.231. The Kier molecular flexibility index (Phi) is 3.90. The number of benzene rings is 3. The van der Waals surface area contributed by atoms with Gasteiger partial charge < -0.3 is 5.73 Å². The monoisotopic (exact) mass is 315 g/mol. The van der Waals surface area contributed by atoms with Gasteiger partial charge in [0, 0.05) is 15.4 Å².